The smallest absolute Gasteiger partial charge is 0.255 e. The standard InChI is InChI=1S/C16H14ClNO/c1-11(2)14-10-13(17)8-9-15(14)18-16(19)12-6-4-3-5-7-12/h3-10H,1H2,2H3,(H,18,19). The van der Waals surface area contributed by atoms with Gasteiger partial charge in [-0.3, -0.25) is 4.79 Å². The number of hydrogen-bond acceptors (Lipinski definition) is 1. The first-order valence-corrected chi connectivity index (χ1v) is 6.27. The molecule has 0 spiro atoms. The van der Waals surface area contributed by atoms with E-state index in [1.54, 1.807) is 30.3 Å². The normalized spacial score (nSPS) is 10.0. The molecule has 0 aromatic heterocycles. The van der Waals surface area contributed by atoms with Gasteiger partial charge < -0.3 is 5.32 Å². The summed E-state index contributed by atoms with van der Waals surface area (Å²) < 4.78 is 0. The topological polar surface area (TPSA) is 29.1 Å². The molecule has 0 atom stereocenters. The fraction of sp³-hybridized carbons (Fsp3) is 0.0625. The van der Waals surface area contributed by atoms with Crippen LogP contribution >= 0.6 is 11.6 Å². The lowest BCUT2D eigenvalue weighted by Gasteiger charge is -2.11. The van der Waals surface area contributed by atoms with Gasteiger partial charge in [0.05, 0.1) is 0 Å². The summed E-state index contributed by atoms with van der Waals surface area (Å²) in [6.45, 7) is 5.78. The number of allylic oxidation sites excluding steroid dienone is 1. The van der Waals surface area contributed by atoms with Crippen molar-refractivity contribution >= 4 is 28.8 Å². The quantitative estimate of drug-likeness (QED) is 0.867. The Morgan fingerprint density at radius 3 is 2.47 bits per heavy atom. The highest BCUT2D eigenvalue weighted by molar-refractivity contribution is 6.31. The van der Waals surface area contributed by atoms with Gasteiger partial charge in [0.25, 0.3) is 5.91 Å². The number of hydrogen-bond donors (Lipinski definition) is 1. The Bertz CT molecular complexity index is 620. The van der Waals surface area contributed by atoms with Crippen LogP contribution in [0.2, 0.25) is 5.02 Å². The lowest BCUT2D eigenvalue weighted by molar-refractivity contribution is 0.102. The van der Waals surface area contributed by atoms with Crippen LogP contribution in [0.4, 0.5) is 5.69 Å². The van der Waals surface area contributed by atoms with Gasteiger partial charge in [0.15, 0.2) is 0 Å². The third-order valence-corrected chi connectivity index (χ3v) is 2.96. The van der Waals surface area contributed by atoms with Crippen molar-refractivity contribution in [3.63, 3.8) is 0 Å². The Labute approximate surface area is 117 Å². The Kier molecular flexibility index (Phi) is 4.03. The Morgan fingerprint density at radius 1 is 1.16 bits per heavy atom. The molecule has 0 unspecified atom stereocenters. The highest BCUT2D eigenvalue weighted by Crippen LogP contribution is 2.26. The van der Waals surface area contributed by atoms with Crippen LogP contribution in [0.3, 0.4) is 0 Å². The average Bonchev–Trinajstić information content (AvgIpc) is 2.41. The van der Waals surface area contributed by atoms with Crippen molar-refractivity contribution < 1.29 is 4.79 Å². The van der Waals surface area contributed by atoms with E-state index in [1.165, 1.54) is 0 Å². The van der Waals surface area contributed by atoms with Crippen molar-refractivity contribution in [1.29, 1.82) is 0 Å². The maximum absolute atomic E-state index is 12.1. The van der Waals surface area contributed by atoms with E-state index in [4.69, 9.17) is 11.6 Å². The number of benzene rings is 2. The van der Waals surface area contributed by atoms with E-state index in [9.17, 15) is 4.79 Å². The fourth-order valence-electron chi connectivity index (χ4n) is 1.76. The van der Waals surface area contributed by atoms with E-state index < -0.39 is 0 Å². The summed E-state index contributed by atoms with van der Waals surface area (Å²) in [5, 5.41) is 3.50. The molecule has 2 aromatic carbocycles. The number of carbonyl (C=O) groups is 1. The molecule has 96 valence electrons. The molecule has 0 aliphatic carbocycles. The predicted molar refractivity (Wildman–Crippen MR) is 80.6 cm³/mol. The summed E-state index contributed by atoms with van der Waals surface area (Å²) in [7, 11) is 0. The van der Waals surface area contributed by atoms with Gasteiger partial charge in [-0.05, 0) is 42.8 Å². The zero-order valence-electron chi connectivity index (χ0n) is 10.6. The van der Waals surface area contributed by atoms with Crippen LogP contribution in [-0.4, -0.2) is 5.91 Å². The minimum atomic E-state index is -0.148. The molecule has 1 amide bonds. The largest absolute Gasteiger partial charge is 0.321 e. The van der Waals surface area contributed by atoms with E-state index in [0.717, 1.165) is 11.1 Å². The fourth-order valence-corrected chi connectivity index (χ4v) is 1.93. The summed E-state index contributed by atoms with van der Waals surface area (Å²) >= 11 is 5.96. The number of nitrogens with one attached hydrogen (secondary N) is 1. The van der Waals surface area contributed by atoms with Gasteiger partial charge in [0.1, 0.15) is 0 Å². The van der Waals surface area contributed by atoms with Crippen LogP contribution in [0.15, 0.2) is 55.1 Å². The van der Waals surface area contributed by atoms with Crippen LogP contribution in [-0.2, 0) is 0 Å². The Balaban J connectivity index is 2.29. The van der Waals surface area contributed by atoms with Crippen molar-refractivity contribution in [2.45, 2.75) is 6.92 Å². The highest BCUT2D eigenvalue weighted by atomic mass is 35.5. The Morgan fingerprint density at radius 2 is 1.84 bits per heavy atom. The van der Waals surface area contributed by atoms with Crippen LogP contribution in [0.5, 0.6) is 0 Å². The van der Waals surface area contributed by atoms with Gasteiger partial charge >= 0.3 is 0 Å². The van der Waals surface area contributed by atoms with E-state index in [0.29, 0.717) is 16.3 Å². The van der Waals surface area contributed by atoms with Gasteiger partial charge in [-0.15, -0.1) is 0 Å². The molecule has 2 nitrogen and oxygen atoms in total. The third-order valence-electron chi connectivity index (χ3n) is 2.73. The summed E-state index contributed by atoms with van der Waals surface area (Å²) in [6.07, 6.45) is 0. The van der Waals surface area contributed by atoms with Gasteiger partial charge in [-0.1, -0.05) is 36.4 Å². The Hall–Kier alpha value is -2.06. The molecule has 2 aromatic rings. The third kappa shape index (κ3) is 3.24. The van der Waals surface area contributed by atoms with Gasteiger partial charge in [-0.25, -0.2) is 0 Å². The van der Waals surface area contributed by atoms with Crippen molar-refractivity contribution in [2.75, 3.05) is 5.32 Å². The number of halogens is 1. The van der Waals surface area contributed by atoms with Crippen molar-refractivity contribution in [3.8, 4) is 0 Å². The summed E-state index contributed by atoms with van der Waals surface area (Å²) in [5.41, 5.74) is 3.03. The number of rotatable bonds is 3. The first-order valence-electron chi connectivity index (χ1n) is 5.90. The second-order valence-electron chi connectivity index (χ2n) is 4.29. The number of amides is 1. The van der Waals surface area contributed by atoms with Crippen LogP contribution in [0, 0.1) is 0 Å². The lowest BCUT2D eigenvalue weighted by Crippen LogP contribution is -2.12. The van der Waals surface area contributed by atoms with Gasteiger partial charge in [0, 0.05) is 21.8 Å². The van der Waals surface area contributed by atoms with Crippen LogP contribution in [0.25, 0.3) is 5.57 Å². The van der Waals surface area contributed by atoms with E-state index in [2.05, 4.69) is 11.9 Å². The second kappa shape index (κ2) is 5.72. The first kappa shape index (κ1) is 13.4. The number of carbonyl (C=O) groups excluding carboxylic acids is 1. The predicted octanol–water partition coefficient (Wildman–Crippen LogP) is 4.63. The van der Waals surface area contributed by atoms with Crippen LogP contribution < -0.4 is 5.32 Å². The number of anilines is 1. The van der Waals surface area contributed by atoms with Crippen molar-refractivity contribution in [1.82, 2.24) is 0 Å². The molecule has 0 aliphatic rings. The lowest BCUT2D eigenvalue weighted by atomic mass is 10.1. The summed E-state index contributed by atoms with van der Waals surface area (Å²) in [5.74, 6) is -0.148. The summed E-state index contributed by atoms with van der Waals surface area (Å²) in [4.78, 5) is 12.1. The molecule has 1 N–H and O–H groups in total. The molecule has 0 heterocycles. The molecule has 19 heavy (non-hydrogen) atoms. The van der Waals surface area contributed by atoms with Crippen LogP contribution in [0.1, 0.15) is 22.8 Å². The summed E-state index contributed by atoms with van der Waals surface area (Å²) in [6, 6.07) is 14.4. The van der Waals surface area contributed by atoms with Crippen molar-refractivity contribution in [2.24, 2.45) is 0 Å². The molecule has 2 rings (SSSR count). The van der Waals surface area contributed by atoms with Gasteiger partial charge in [0.2, 0.25) is 0 Å². The van der Waals surface area contributed by atoms with Crippen molar-refractivity contribution in [3.05, 3.63) is 71.3 Å². The first-order chi connectivity index (χ1) is 9.08. The maximum Gasteiger partial charge on any atom is 0.255 e. The molecule has 3 heteroatoms. The molecule has 0 fully saturated rings. The minimum Gasteiger partial charge on any atom is -0.321 e. The van der Waals surface area contributed by atoms with E-state index in [-0.39, 0.29) is 5.91 Å². The minimum absolute atomic E-state index is 0.148. The second-order valence-corrected chi connectivity index (χ2v) is 4.73. The zero-order chi connectivity index (χ0) is 13.8. The zero-order valence-corrected chi connectivity index (χ0v) is 11.4. The molecule has 0 radical (unpaired) electrons. The molecule has 0 bridgehead atoms. The highest BCUT2D eigenvalue weighted by Gasteiger charge is 2.09. The average molecular weight is 272 g/mol. The maximum atomic E-state index is 12.1. The molecular weight excluding hydrogens is 258 g/mol. The van der Waals surface area contributed by atoms with E-state index >= 15 is 0 Å². The molecule has 0 aliphatic heterocycles. The molecular formula is C16H14ClNO. The SMILES string of the molecule is C=C(C)c1cc(Cl)ccc1NC(=O)c1ccccc1. The van der Waals surface area contributed by atoms with E-state index in [1.807, 2.05) is 25.1 Å². The monoisotopic (exact) mass is 271 g/mol. The molecule has 0 saturated carbocycles. The van der Waals surface area contributed by atoms with Gasteiger partial charge in [-0.2, -0.15) is 0 Å². The molecule has 0 saturated heterocycles.